The van der Waals surface area contributed by atoms with Crippen molar-refractivity contribution in [3.63, 3.8) is 0 Å². The Morgan fingerprint density at radius 1 is 0.950 bits per heavy atom. The van der Waals surface area contributed by atoms with Crippen LogP contribution in [0.4, 0.5) is 4.79 Å². The first-order chi connectivity index (χ1) is 19.5. The van der Waals surface area contributed by atoms with Gasteiger partial charge in [0.15, 0.2) is 8.38 Å². The molecule has 1 unspecified atom stereocenters. The maximum Gasteiger partial charge on any atom is 0.319 e. The lowest BCUT2D eigenvalue weighted by molar-refractivity contribution is 0.165. The van der Waals surface area contributed by atoms with E-state index in [-0.39, 0.29) is 18.8 Å². The molecule has 0 saturated carbocycles. The number of benzene rings is 3. The Labute approximate surface area is 237 Å². The molecule has 210 valence electrons. The smallest absolute Gasteiger partial charge is 0.319 e. The first-order valence-corrected chi connectivity index (χ1v) is 14.9. The first-order valence-electron chi connectivity index (χ1n) is 13.3. The van der Waals surface area contributed by atoms with Gasteiger partial charge in [0.05, 0.1) is 44.8 Å². The number of urea groups is 1. The van der Waals surface area contributed by atoms with E-state index in [9.17, 15) is 4.79 Å². The van der Waals surface area contributed by atoms with Gasteiger partial charge in [0.2, 0.25) is 0 Å². The maximum absolute atomic E-state index is 13.7. The minimum atomic E-state index is -1.19. The summed E-state index contributed by atoms with van der Waals surface area (Å²) in [6, 6.07) is 28.3. The van der Waals surface area contributed by atoms with E-state index in [0.29, 0.717) is 19.6 Å². The van der Waals surface area contributed by atoms with Gasteiger partial charge in [0.1, 0.15) is 18.2 Å². The topological polar surface area (TPSA) is 93.1 Å². The van der Waals surface area contributed by atoms with Gasteiger partial charge in [-0.3, -0.25) is 0 Å². The molecule has 1 saturated heterocycles. The van der Waals surface area contributed by atoms with E-state index in [1.54, 1.807) is 14.2 Å². The van der Waals surface area contributed by atoms with Crippen LogP contribution < -0.4 is 14.8 Å². The van der Waals surface area contributed by atoms with Crippen molar-refractivity contribution in [2.24, 2.45) is 0 Å². The van der Waals surface area contributed by atoms with E-state index in [1.807, 2.05) is 60.1 Å². The molecule has 0 radical (unpaired) electrons. The summed E-state index contributed by atoms with van der Waals surface area (Å²) in [4.78, 5) is 15.6. The third-order valence-corrected chi connectivity index (χ3v) is 8.33. The Balaban J connectivity index is 1.73. The number of amides is 2. The van der Waals surface area contributed by atoms with E-state index < -0.39 is 13.8 Å². The summed E-state index contributed by atoms with van der Waals surface area (Å²) in [5.74, 6) is 1.54. The van der Waals surface area contributed by atoms with Gasteiger partial charge in [-0.05, 0) is 53.8 Å². The zero-order valence-corrected chi connectivity index (χ0v) is 24.1. The van der Waals surface area contributed by atoms with Gasteiger partial charge >= 0.3 is 6.03 Å². The van der Waals surface area contributed by atoms with Crippen molar-refractivity contribution in [3.05, 3.63) is 95.6 Å². The van der Waals surface area contributed by atoms with Crippen molar-refractivity contribution in [2.45, 2.75) is 30.7 Å². The number of nitrogens with one attached hydrogen (secondary N) is 1. The number of carbonyl (C=O) groups excluding carboxylic acids is 1. The highest BCUT2D eigenvalue weighted by atomic mass is 31.2. The largest absolute Gasteiger partial charge is 0.497 e. The van der Waals surface area contributed by atoms with Gasteiger partial charge in [-0.1, -0.05) is 54.6 Å². The third kappa shape index (κ3) is 6.39. The Morgan fingerprint density at radius 2 is 1.52 bits per heavy atom. The quantitative estimate of drug-likeness (QED) is 0.125. The molecule has 2 atom stereocenters. The second-order valence-corrected chi connectivity index (χ2v) is 10.8. The molecule has 1 aliphatic rings. The normalized spacial score (nSPS) is 15.8. The van der Waals surface area contributed by atoms with Gasteiger partial charge in [-0.2, -0.15) is 5.26 Å². The molecule has 9 heteroatoms. The Hall–Kier alpha value is -3.63. The molecule has 0 aromatic heterocycles. The fraction of sp³-hybridized carbons (Fsp3) is 0.355. The Kier molecular flexibility index (Phi) is 10.4. The summed E-state index contributed by atoms with van der Waals surface area (Å²) in [6.45, 7) is 2.77. The zero-order chi connectivity index (χ0) is 28.4. The van der Waals surface area contributed by atoms with Crippen LogP contribution in [0.3, 0.4) is 0 Å². The molecule has 40 heavy (non-hydrogen) atoms. The molecule has 1 heterocycles. The molecule has 0 aliphatic carbocycles. The fourth-order valence-electron chi connectivity index (χ4n) is 5.49. The first kappa shape index (κ1) is 29.4. The van der Waals surface area contributed by atoms with Gasteiger partial charge in [-0.15, -0.1) is 0 Å². The predicted octanol–water partition coefficient (Wildman–Crippen LogP) is 6.06. The average Bonchev–Trinajstić information content (AvgIpc) is 3.49. The average molecular weight is 562 g/mol. The molecule has 1 aliphatic heterocycles. The molecule has 3 aromatic carbocycles. The van der Waals surface area contributed by atoms with E-state index in [4.69, 9.17) is 23.8 Å². The van der Waals surface area contributed by atoms with Gasteiger partial charge in [-0.25, -0.2) is 4.79 Å². The highest BCUT2D eigenvalue weighted by Crippen LogP contribution is 2.48. The number of methoxy groups -OCH3 is 2. The SMILES string of the molecule is COc1ccc(C(c2ccccc2)(c2ccc(OC)cc2)[C@@H]2CCCN2C(=O)NCOP(C)OCCC#N)cc1. The van der Waals surface area contributed by atoms with Gasteiger partial charge in [0.25, 0.3) is 0 Å². The number of hydrogen-bond acceptors (Lipinski definition) is 6. The summed E-state index contributed by atoms with van der Waals surface area (Å²) < 4.78 is 22.1. The fourth-order valence-corrected chi connectivity index (χ4v) is 6.16. The molecule has 1 N–H and O–H groups in total. The monoisotopic (exact) mass is 561 g/mol. The molecule has 2 amide bonds. The number of rotatable bonds is 12. The van der Waals surface area contributed by atoms with Crippen LogP contribution in [-0.4, -0.2) is 57.7 Å². The molecule has 3 aromatic rings. The van der Waals surface area contributed by atoms with Crippen LogP contribution >= 0.6 is 8.38 Å². The summed E-state index contributed by atoms with van der Waals surface area (Å²) in [7, 11) is 2.12. The Morgan fingerprint density at radius 3 is 2.08 bits per heavy atom. The summed E-state index contributed by atoms with van der Waals surface area (Å²) >= 11 is 0. The highest BCUT2D eigenvalue weighted by Gasteiger charge is 2.49. The second-order valence-electron chi connectivity index (χ2n) is 9.42. The summed E-state index contributed by atoms with van der Waals surface area (Å²) in [5, 5.41) is 11.6. The second kappa shape index (κ2) is 14.1. The van der Waals surface area contributed by atoms with Crippen LogP contribution in [0.5, 0.6) is 11.5 Å². The van der Waals surface area contributed by atoms with Crippen LogP contribution in [0.1, 0.15) is 36.0 Å². The minimum Gasteiger partial charge on any atom is -0.497 e. The van der Waals surface area contributed by atoms with Crippen molar-refractivity contribution < 1.29 is 23.3 Å². The summed E-state index contributed by atoms with van der Waals surface area (Å²) in [5.41, 5.74) is 2.56. The molecular formula is C31H36N3O5P. The zero-order valence-electron chi connectivity index (χ0n) is 23.2. The molecule has 0 bridgehead atoms. The van der Waals surface area contributed by atoms with Crippen LogP contribution in [-0.2, 0) is 14.5 Å². The van der Waals surface area contributed by atoms with Crippen molar-refractivity contribution in [1.82, 2.24) is 10.2 Å². The number of nitrogens with zero attached hydrogens (tertiary/aromatic N) is 2. The van der Waals surface area contributed by atoms with Crippen LogP contribution in [0.15, 0.2) is 78.9 Å². The van der Waals surface area contributed by atoms with Crippen LogP contribution in [0.2, 0.25) is 0 Å². The highest BCUT2D eigenvalue weighted by molar-refractivity contribution is 7.46. The van der Waals surface area contributed by atoms with Crippen molar-refractivity contribution in [2.75, 3.05) is 40.8 Å². The van der Waals surface area contributed by atoms with E-state index in [1.165, 1.54) is 0 Å². The van der Waals surface area contributed by atoms with Crippen molar-refractivity contribution in [3.8, 4) is 17.6 Å². The lowest BCUT2D eigenvalue weighted by atomic mass is 9.64. The standard InChI is InChI=1S/C31H36N3O5P/c1-36-27-16-12-25(13-17-27)31(24-9-5-4-6-10-24,26-14-18-28(37-2)19-15-26)29-11-7-21-34(29)30(35)33-23-39-40(3)38-22-8-20-32/h4-6,9-10,12-19,29H,7-8,11,21-23H2,1-3H3,(H,33,35)/t29-,40?/m0/s1. The lowest BCUT2D eigenvalue weighted by Crippen LogP contribution is -2.53. The number of carbonyl (C=O) groups is 1. The van der Waals surface area contributed by atoms with Crippen LogP contribution in [0, 0.1) is 11.3 Å². The van der Waals surface area contributed by atoms with Gasteiger partial charge < -0.3 is 28.7 Å². The minimum absolute atomic E-state index is 0.0280. The maximum atomic E-state index is 13.7. The number of ether oxygens (including phenoxy) is 2. The molecule has 4 rings (SSSR count). The molecule has 8 nitrogen and oxygen atoms in total. The molecule has 1 fully saturated rings. The number of nitriles is 1. The number of likely N-dealkylation sites (tertiary alicyclic amines) is 1. The Bertz CT molecular complexity index is 1220. The lowest BCUT2D eigenvalue weighted by Gasteiger charge is -2.45. The third-order valence-electron chi connectivity index (χ3n) is 7.29. The number of hydrogen-bond donors (Lipinski definition) is 1. The van der Waals surface area contributed by atoms with Crippen LogP contribution in [0.25, 0.3) is 0 Å². The van der Waals surface area contributed by atoms with E-state index in [2.05, 4.69) is 41.7 Å². The van der Waals surface area contributed by atoms with E-state index >= 15 is 0 Å². The van der Waals surface area contributed by atoms with Crippen molar-refractivity contribution >= 4 is 14.4 Å². The predicted molar refractivity (Wildman–Crippen MR) is 156 cm³/mol. The van der Waals surface area contributed by atoms with Gasteiger partial charge in [0, 0.05) is 13.2 Å². The molecular weight excluding hydrogens is 525 g/mol. The molecule has 0 spiro atoms. The van der Waals surface area contributed by atoms with E-state index in [0.717, 1.165) is 41.0 Å². The summed E-state index contributed by atoms with van der Waals surface area (Å²) in [6.07, 6.45) is 1.99. The van der Waals surface area contributed by atoms with Crippen molar-refractivity contribution in [1.29, 1.82) is 5.26 Å².